The topological polar surface area (TPSA) is 56.7 Å². The number of furan rings is 1. The van der Waals surface area contributed by atoms with Crippen molar-refractivity contribution in [3.8, 4) is 62.1 Å². The van der Waals surface area contributed by atoms with Gasteiger partial charge in [-0.05, 0) is 76.3 Å². The first-order valence-corrected chi connectivity index (χ1v) is 21.9. The molecule has 4 heterocycles. The molecule has 6 heteroatoms. The molecule has 0 amide bonds. The maximum atomic E-state index is 6.37. The van der Waals surface area contributed by atoms with E-state index >= 15 is 0 Å². The molecule has 0 atom stereocenters. The summed E-state index contributed by atoms with van der Waals surface area (Å²) < 4.78 is 11.2. The minimum absolute atomic E-state index is 0.536. The van der Waals surface area contributed by atoms with Crippen LogP contribution in [0.1, 0.15) is 0 Å². The number of thiophene rings is 1. The Morgan fingerprint density at radius 2 is 0.984 bits per heavy atom. The van der Waals surface area contributed by atoms with Crippen LogP contribution in [0.15, 0.2) is 211 Å². The monoisotopic (exact) mass is 822 g/mol. The van der Waals surface area contributed by atoms with Gasteiger partial charge in [0, 0.05) is 58.4 Å². The van der Waals surface area contributed by atoms with Gasteiger partial charge in [0.2, 0.25) is 5.95 Å². The molecule has 4 aromatic heterocycles. The zero-order valence-electron chi connectivity index (χ0n) is 33.7. The third kappa shape index (κ3) is 5.80. The summed E-state index contributed by atoms with van der Waals surface area (Å²) in [7, 11) is 0. The lowest BCUT2D eigenvalue weighted by Gasteiger charge is -2.14. The number of rotatable bonds is 6. The second-order valence-electron chi connectivity index (χ2n) is 16.0. The van der Waals surface area contributed by atoms with Crippen LogP contribution in [0, 0.1) is 0 Å². The molecule has 0 saturated carbocycles. The molecule has 13 rings (SSSR count). The van der Waals surface area contributed by atoms with Crippen molar-refractivity contribution < 1.29 is 4.42 Å². The van der Waals surface area contributed by atoms with E-state index in [-0.39, 0.29) is 0 Å². The van der Waals surface area contributed by atoms with Gasteiger partial charge in [-0.1, -0.05) is 158 Å². The zero-order chi connectivity index (χ0) is 41.4. The molecule has 0 aliphatic carbocycles. The number of hydrogen-bond donors (Lipinski definition) is 0. The SMILES string of the molecule is c1ccc(-c2ccc3c(c2)c2cccc(-c4cccc(-c5cccc6sc7ccccc7c56)c4)c2n3-c2nc(-c3ccccc3)nc(-c3ccc4c(c3)oc3ccccc34)n2)cc1. The molecule has 0 aliphatic heterocycles. The molecular weight excluding hydrogens is 789 g/mol. The molecule has 0 bridgehead atoms. The van der Waals surface area contributed by atoms with Gasteiger partial charge in [0.25, 0.3) is 0 Å². The molecule has 0 fully saturated rings. The number of benzene rings is 9. The van der Waals surface area contributed by atoms with Gasteiger partial charge in [0.1, 0.15) is 11.2 Å². The van der Waals surface area contributed by atoms with E-state index < -0.39 is 0 Å². The largest absolute Gasteiger partial charge is 0.456 e. The van der Waals surface area contributed by atoms with Crippen molar-refractivity contribution in [3.63, 3.8) is 0 Å². The number of nitrogens with zero attached hydrogens (tertiary/aromatic N) is 4. The van der Waals surface area contributed by atoms with E-state index in [1.165, 1.54) is 31.3 Å². The van der Waals surface area contributed by atoms with Gasteiger partial charge in [0.05, 0.1) is 11.0 Å². The van der Waals surface area contributed by atoms with E-state index in [1.54, 1.807) is 0 Å². The molecule has 5 nitrogen and oxygen atoms in total. The van der Waals surface area contributed by atoms with Crippen LogP contribution in [-0.2, 0) is 0 Å². The molecule has 9 aromatic carbocycles. The average Bonchev–Trinajstić information content (AvgIpc) is 4.03. The van der Waals surface area contributed by atoms with E-state index in [4.69, 9.17) is 19.4 Å². The predicted octanol–water partition coefficient (Wildman–Crippen LogP) is 15.6. The highest BCUT2D eigenvalue weighted by molar-refractivity contribution is 7.25. The van der Waals surface area contributed by atoms with Gasteiger partial charge in [-0.3, -0.25) is 4.57 Å². The van der Waals surface area contributed by atoms with Crippen LogP contribution in [0.5, 0.6) is 0 Å². The van der Waals surface area contributed by atoms with Crippen LogP contribution < -0.4 is 0 Å². The highest BCUT2D eigenvalue weighted by Gasteiger charge is 2.22. The fraction of sp³-hybridized carbons (Fsp3) is 0. The molecule has 0 spiro atoms. The normalized spacial score (nSPS) is 11.8. The van der Waals surface area contributed by atoms with Crippen LogP contribution in [0.25, 0.3) is 126 Å². The Morgan fingerprint density at radius 3 is 1.84 bits per heavy atom. The maximum Gasteiger partial charge on any atom is 0.238 e. The van der Waals surface area contributed by atoms with Crippen LogP contribution in [0.4, 0.5) is 0 Å². The summed E-state index contributed by atoms with van der Waals surface area (Å²) >= 11 is 1.85. The van der Waals surface area contributed by atoms with Gasteiger partial charge in [-0.15, -0.1) is 11.3 Å². The summed E-state index contributed by atoms with van der Waals surface area (Å²) in [6.07, 6.45) is 0. The Morgan fingerprint density at radius 1 is 0.365 bits per heavy atom. The summed E-state index contributed by atoms with van der Waals surface area (Å²) in [5.74, 6) is 1.69. The molecule has 0 radical (unpaired) electrons. The summed E-state index contributed by atoms with van der Waals surface area (Å²) in [6.45, 7) is 0. The molecule has 0 aliphatic rings. The summed E-state index contributed by atoms with van der Waals surface area (Å²) in [6, 6.07) is 72.8. The van der Waals surface area contributed by atoms with Crippen LogP contribution in [-0.4, -0.2) is 19.5 Å². The van der Waals surface area contributed by atoms with Gasteiger partial charge in [-0.2, -0.15) is 9.97 Å². The summed E-state index contributed by atoms with van der Waals surface area (Å²) in [5.41, 5.74) is 12.3. The van der Waals surface area contributed by atoms with Crippen LogP contribution in [0.3, 0.4) is 0 Å². The van der Waals surface area contributed by atoms with Crippen molar-refractivity contribution >= 4 is 75.3 Å². The van der Waals surface area contributed by atoms with Gasteiger partial charge < -0.3 is 4.42 Å². The first-order chi connectivity index (χ1) is 31.2. The standard InChI is InChI=1S/C57H34N4OS/c1-3-14-35(15-4-1)37-29-31-48-47(33-37)45-24-12-23-42(39-19-11-18-38(32-39)41-22-13-27-52-53(41)46-21-8-10-26-51(46)63-52)54(45)61(48)57-59-55(36-16-5-2-6-17-36)58-56(60-57)40-28-30-44-43-20-7-9-25-49(43)62-50(44)34-40/h1-34H. The minimum atomic E-state index is 0.536. The van der Waals surface area contributed by atoms with Gasteiger partial charge >= 0.3 is 0 Å². The fourth-order valence-corrected chi connectivity index (χ4v) is 10.5. The Hall–Kier alpha value is -8.19. The smallest absolute Gasteiger partial charge is 0.238 e. The maximum absolute atomic E-state index is 6.37. The van der Waals surface area contributed by atoms with E-state index in [0.717, 1.165) is 77.1 Å². The third-order valence-electron chi connectivity index (χ3n) is 12.3. The molecule has 0 saturated heterocycles. The Labute approximate surface area is 365 Å². The predicted molar refractivity (Wildman–Crippen MR) is 262 cm³/mol. The lowest BCUT2D eigenvalue weighted by molar-refractivity contribution is 0.669. The molecule has 294 valence electrons. The minimum Gasteiger partial charge on any atom is -0.456 e. The highest BCUT2D eigenvalue weighted by Crippen LogP contribution is 2.43. The second-order valence-corrected chi connectivity index (χ2v) is 17.0. The van der Waals surface area contributed by atoms with Gasteiger partial charge in [-0.25, -0.2) is 4.98 Å². The van der Waals surface area contributed by atoms with Crippen molar-refractivity contribution in [1.82, 2.24) is 19.5 Å². The van der Waals surface area contributed by atoms with E-state index in [9.17, 15) is 0 Å². The van der Waals surface area contributed by atoms with Crippen molar-refractivity contribution in [2.45, 2.75) is 0 Å². The van der Waals surface area contributed by atoms with Crippen LogP contribution >= 0.6 is 11.3 Å². The molecule has 63 heavy (non-hydrogen) atoms. The molecule has 13 aromatic rings. The summed E-state index contributed by atoms with van der Waals surface area (Å²) in [5, 5.41) is 6.95. The Bertz CT molecular complexity index is 3920. The van der Waals surface area contributed by atoms with Crippen molar-refractivity contribution in [1.29, 1.82) is 0 Å². The zero-order valence-corrected chi connectivity index (χ0v) is 34.6. The second kappa shape index (κ2) is 14.2. The first-order valence-electron chi connectivity index (χ1n) is 21.1. The quantitative estimate of drug-likeness (QED) is 0.168. The van der Waals surface area contributed by atoms with Crippen molar-refractivity contribution in [2.24, 2.45) is 0 Å². The number of aromatic nitrogens is 4. The number of fused-ring (bicyclic) bond motifs is 9. The van der Waals surface area contributed by atoms with E-state index in [2.05, 4.69) is 174 Å². The lowest BCUT2D eigenvalue weighted by Crippen LogP contribution is -2.07. The third-order valence-corrected chi connectivity index (χ3v) is 13.4. The fourth-order valence-electron chi connectivity index (χ4n) is 9.36. The van der Waals surface area contributed by atoms with E-state index in [0.29, 0.717) is 17.6 Å². The van der Waals surface area contributed by atoms with Gasteiger partial charge in [0.15, 0.2) is 11.6 Å². The van der Waals surface area contributed by atoms with E-state index in [1.807, 2.05) is 47.7 Å². The van der Waals surface area contributed by atoms with Crippen molar-refractivity contribution in [3.05, 3.63) is 206 Å². The Kier molecular flexibility index (Phi) is 8.01. The number of hydrogen-bond acceptors (Lipinski definition) is 5. The average molecular weight is 823 g/mol. The van der Waals surface area contributed by atoms with Crippen LogP contribution in [0.2, 0.25) is 0 Å². The summed E-state index contributed by atoms with van der Waals surface area (Å²) in [4.78, 5) is 15.8. The molecule has 0 unspecified atom stereocenters. The number of para-hydroxylation sites is 2. The lowest BCUT2D eigenvalue weighted by atomic mass is 9.95. The highest BCUT2D eigenvalue weighted by atomic mass is 32.1. The van der Waals surface area contributed by atoms with Crippen molar-refractivity contribution in [2.75, 3.05) is 0 Å². The molecular formula is C57H34N4OS. The molecule has 0 N–H and O–H groups in total. The Balaban J connectivity index is 1.07. The first kappa shape index (κ1) is 35.6.